The summed E-state index contributed by atoms with van der Waals surface area (Å²) in [7, 11) is 0.822. The minimum Gasteiger partial charge on any atom is -0.480 e. The van der Waals surface area contributed by atoms with Crippen LogP contribution in [0.15, 0.2) is 6.20 Å². The first-order valence-electron chi connectivity index (χ1n) is 7.59. The van der Waals surface area contributed by atoms with Crippen LogP contribution >= 0.6 is 0 Å². The smallest absolute Gasteiger partial charge is 0.480 e. The van der Waals surface area contributed by atoms with Gasteiger partial charge in [-0.15, -0.1) is 5.10 Å². The molecule has 1 aromatic rings. The van der Waals surface area contributed by atoms with Crippen LogP contribution in [0.3, 0.4) is 0 Å². The largest absolute Gasteiger partial charge is 0.502 e. The van der Waals surface area contributed by atoms with Crippen molar-refractivity contribution in [2.75, 3.05) is 7.11 Å². The van der Waals surface area contributed by atoms with Gasteiger partial charge in [-0.05, 0) is 48.5 Å². The number of hydrogen-bond donors (Lipinski definition) is 0. The van der Waals surface area contributed by atoms with E-state index < -0.39 is 30.0 Å². The Bertz CT molecular complexity index is 587. The lowest BCUT2D eigenvalue weighted by molar-refractivity contribution is 0.00578. The second-order valence-corrected chi connectivity index (χ2v) is 7.61. The quantitative estimate of drug-likeness (QED) is 0.775. The molecule has 0 saturated carbocycles. The van der Waals surface area contributed by atoms with Gasteiger partial charge in [-0.3, -0.25) is 0 Å². The Labute approximate surface area is 137 Å². The minimum absolute atomic E-state index is 0.273. The predicted octanol–water partition coefficient (Wildman–Crippen LogP) is 1.97. The number of carbonyl (C=O) groups is 1. The number of hydrogen-bond acceptors (Lipinski definition) is 6. The van der Waals surface area contributed by atoms with Crippen LogP contribution in [0.4, 0.5) is 4.79 Å². The van der Waals surface area contributed by atoms with E-state index in [0.29, 0.717) is 5.46 Å². The Morgan fingerprint density at radius 1 is 1.22 bits per heavy atom. The van der Waals surface area contributed by atoms with Crippen LogP contribution in [0.1, 0.15) is 48.5 Å². The molecule has 7 nitrogen and oxygen atoms in total. The number of rotatable bonds is 2. The van der Waals surface area contributed by atoms with Crippen LogP contribution in [0, 0.1) is 0 Å². The van der Waals surface area contributed by atoms with E-state index >= 15 is 0 Å². The number of methoxy groups -OCH3 is 1. The molecule has 2 heterocycles. The minimum atomic E-state index is -0.661. The summed E-state index contributed by atoms with van der Waals surface area (Å²) in [6.07, 6.45) is 0.938. The van der Waals surface area contributed by atoms with Crippen LogP contribution in [-0.4, -0.2) is 46.9 Å². The van der Waals surface area contributed by atoms with Gasteiger partial charge in [-0.25, -0.2) is 4.79 Å². The van der Waals surface area contributed by atoms with Gasteiger partial charge in [0.05, 0.1) is 23.8 Å². The summed E-state index contributed by atoms with van der Waals surface area (Å²) in [5.41, 5.74) is -1.04. The van der Waals surface area contributed by atoms with Gasteiger partial charge in [0, 0.05) is 6.20 Å². The van der Waals surface area contributed by atoms with Crippen molar-refractivity contribution in [3.63, 3.8) is 0 Å². The van der Waals surface area contributed by atoms with Crippen LogP contribution in [0.5, 0.6) is 5.88 Å². The molecule has 0 N–H and O–H groups in total. The van der Waals surface area contributed by atoms with E-state index in [1.807, 2.05) is 27.7 Å². The molecule has 1 saturated heterocycles. The molecule has 1 fully saturated rings. The summed E-state index contributed by atoms with van der Waals surface area (Å²) < 4.78 is 23.6. The van der Waals surface area contributed by atoms with Gasteiger partial charge in [-0.1, -0.05) is 0 Å². The standard InChI is InChI=1S/C15H25BN2O5/c1-13(2,3)21-12(19)18-9-10(11(17-18)20-8)16-22-14(4,5)15(6,7)23-16/h9H,1-8H3. The van der Waals surface area contributed by atoms with Crippen molar-refractivity contribution in [3.8, 4) is 5.88 Å². The average molecular weight is 324 g/mol. The van der Waals surface area contributed by atoms with Crippen molar-refractivity contribution in [2.45, 2.75) is 65.3 Å². The van der Waals surface area contributed by atoms with Crippen molar-refractivity contribution in [3.05, 3.63) is 6.20 Å². The highest BCUT2D eigenvalue weighted by molar-refractivity contribution is 6.63. The third-order valence-electron chi connectivity index (χ3n) is 3.99. The molecule has 0 unspecified atom stereocenters. The van der Waals surface area contributed by atoms with Crippen molar-refractivity contribution >= 4 is 18.7 Å². The van der Waals surface area contributed by atoms with Gasteiger partial charge in [0.25, 0.3) is 0 Å². The molecular formula is C15H25BN2O5. The molecule has 1 aliphatic heterocycles. The second-order valence-electron chi connectivity index (χ2n) is 7.61. The molecule has 0 aliphatic carbocycles. The molecular weight excluding hydrogens is 299 g/mol. The van der Waals surface area contributed by atoms with E-state index in [1.165, 1.54) is 13.3 Å². The summed E-state index contributed by atoms with van der Waals surface area (Å²) >= 11 is 0. The van der Waals surface area contributed by atoms with Gasteiger partial charge in [0.1, 0.15) is 5.60 Å². The number of ether oxygens (including phenoxy) is 2. The van der Waals surface area contributed by atoms with Crippen molar-refractivity contribution in [1.29, 1.82) is 0 Å². The fourth-order valence-electron chi connectivity index (χ4n) is 2.06. The predicted molar refractivity (Wildman–Crippen MR) is 86.1 cm³/mol. The zero-order valence-corrected chi connectivity index (χ0v) is 15.1. The van der Waals surface area contributed by atoms with E-state index in [-0.39, 0.29) is 5.88 Å². The maximum atomic E-state index is 12.2. The molecule has 0 spiro atoms. The lowest BCUT2D eigenvalue weighted by Gasteiger charge is -2.32. The van der Waals surface area contributed by atoms with Gasteiger partial charge in [0.2, 0.25) is 5.88 Å². The molecule has 128 valence electrons. The summed E-state index contributed by atoms with van der Waals surface area (Å²) in [6, 6.07) is 0. The molecule has 0 radical (unpaired) electrons. The van der Waals surface area contributed by atoms with Crippen LogP contribution in [0.2, 0.25) is 0 Å². The Kier molecular flexibility index (Phi) is 4.28. The Hall–Kier alpha value is -1.54. The van der Waals surface area contributed by atoms with E-state index in [2.05, 4.69) is 5.10 Å². The van der Waals surface area contributed by atoms with E-state index in [9.17, 15) is 4.79 Å². The summed E-state index contributed by atoms with van der Waals surface area (Å²) in [6.45, 7) is 13.2. The summed E-state index contributed by atoms with van der Waals surface area (Å²) in [4.78, 5) is 12.2. The van der Waals surface area contributed by atoms with Crippen LogP contribution in [-0.2, 0) is 14.0 Å². The molecule has 0 bridgehead atoms. The first-order valence-corrected chi connectivity index (χ1v) is 7.59. The van der Waals surface area contributed by atoms with Crippen molar-refractivity contribution < 1.29 is 23.6 Å². The Balaban J connectivity index is 2.29. The molecule has 0 atom stereocenters. The highest BCUT2D eigenvalue weighted by Crippen LogP contribution is 2.37. The van der Waals surface area contributed by atoms with Gasteiger partial charge < -0.3 is 18.8 Å². The lowest BCUT2D eigenvalue weighted by atomic mass is 9.81. The van der Waals surface area contributed by atoms with E-state index in [4.69, 9.17) is 18.8 Å². The second kappa shape index (κ2) is 5.52. The first kappa shape index (κ1) is 17.8. The maximum absolute atomic E-state index is 12.2. The SMILES string of the molecule is COc1nn(C(=O)OC(C)(C)C)cc1B1OC(C)(C)C(C)(C)O1. The molecule has 0 aromatic carbocycles. The molecule has 2 rings (SSSR count). The molecule has 1 aromatic heterocycles. The number of aromatic nitrogens is 2. The van der Waals surface area contributed by atoms with Crippen LogP contribution < -0.4 is 10.2 Å². The van der Waals surface area contributed by atoms with E-state index in [1.54, 1.807) is 20.8 Å². The van der Waals surface area contributed by atoms with Crippen molar-refractivity contribution in [2.24, 2.45) is 0 Å². The van der Waals surface area contributed by atoms with Gasteiger partial charge in [-0.2, -0.15) is 4.68 Å². The molecule has 1 aliphatic rings. The Morgan fingerprint density at radius 3 is 2.17 bits per heavy atom. The molecule has 8 heteroatoms. The monoisotopic (exact) mass is 324 g/mol. The number of carbonyl (C=O) groups excluding carboxylic acids is 1. The first-order chi connectivity index (χ1) is 10.4. The molecule has 23 heavy (non-hydrogen) atoms. The fraction of sp³-hybridized carbons (Fsp3) is 0.733. The van der Waals surface area contributed by atoms with Gasteiger partial charge >= 0.3 is 13.2 Å². The summed E-state index contributed by atoms with van der Waals surface area (Å²) in [5, 5.41) is 4.11. The Morgan fingerprint density at radius 2 is 1.74 bits per heavy atom. The summed E-state index contributed by atoms with van der Waals surface area (Å²) in [5.74, 6) is 0.273. The maximum Gasteiger partial charge on any atom is 0.502 e. The van der Waals surface area contributed by atoms with Gasteiger partial charge in [0.15, 0.2) is 0 Å². The zero-order chi connectivity index (χ0) is 17.6. The third-order valence-corrected chi connectivity index (χ3v) is 3.99. The zero-order valence-electron chi connectivity index (χ0n) is 15.1. The lowest BCUT2D eigenvalue weighted by Crippen LogP contribution is -2.41. The highest BCUT2D eigenvalue weighted by Gasteiger charge is 2.53. The van der Waals surface area contributed by atoms with E-state index in [0.717, 1.165) is 4.68 Å². The average Bonchev–Trinajstić information content (AvgIpc) is 2.86. The van der Waals surface area contributed by atoms with Crippen LogP contribution in [0.25, 0.3) is 0 Å². The van der Waals surface area contributed by atoms with Crippen molar-refractivity contribution in [1.82, 2.24) is 9.78 Å². The number of nitrogens with zero attached hydrogens (tertiary/aromatic N) is 2. The highest BCUT2D eigenvalue weighted by atomic mass is 16.7. The normalized spacial score (nSPS) is 19.7. The topological polar surface area (TPSA) is 71.8 Å². The third kappa shape index (κ3) is 3.53. The fourth-order valence-corrected chi connectivity index (χ4v) is 2.06. The molecule has 0 amide bonds.